The highest BCUT2D eigenvalue weighted by atomic mass is 32.1. The molecular weight excluding hydrogens is 261 g/mol. The highest BCUT2D eigenvalue weighted by Crippen LogP contribution is 2.14. The maximum atomic E-state index is 13.6. The maximum Gasteiger partial charge on any atom is 0.135 e. The van der Waals surface area contributed by atoms with Crippen LogP contribution in [0.15, 0.2) is 18.2 Å². The first kappa shape index (κ1) is 15.9. The van der Waals surface area contributed by atoms with Crippen LogP contribution in [0.4, 0.5) is 10.1 Å². The lowest BCUT2D eigenvalue weighted by Gasteiger charge is -2.20. The van der Waals surface area contributed by atoms with Gasteiger partial charge in [-0.1, -0.05) is 12.2 Å². The van der Waals surface area contributed by atoms with Crippen molar-refractivity contribution in [3.63, 3.8) is 0 Å². The number of anilines is 1. The minimum atomic E-state index is -0.378. The molecule has 0 atom stereocenters. The number of thiocarbonyl (C=S) groups is 1. The van der Waals surface area contributed by atoms with Gasteiger partial charge in [0, 0.05) is 23.8 Å². The van der Waals surface area contributed by atoms with Gasteiger partial charge in [-0.25, -0.2) is 4.39 Å². The van der Waals surface area contributed by atoms with Gasteiger partial charge in [0.05, 0.1) is 0 Å². The second-order valence-corrected chi connectivity index (χ2v) is 5.35. The summed E-state index contributed by atoms with van der Waals surface area (Å²) in [7, 11) is 2.10. The molecule has 0 amide bonds. The lowest BCUT2D eigenvalue weighted by atomic mass is 10.2. The van der Waals surface area contributed by atoms with E-state index >= 15 is 0 Å². The van der Waals surface area contributed by atoms with Crippen molar-refractivity contribution in [2.45, 2.75) is 26.3 Å². The van der Waals surface area contributed by atoms with Crippen LogP contribution in [0.5, 0.6) is 0 Å². The van der Waals surface area contributed by atoms with E-state index < -0.39 is 0 Å². The summed E-state index contributed by atoms with van der Waals surface area (Å²) in [5.41, 5.74) is 6.46. The number of nitrogens with two attached hydrogens (primary N) is 1. The predicted molar refractivity (Wildman–Crippen MR) is 83.2 cm³/mol. The molecule has 3 N–H and O–H groups in total. The average molecular weight is 283 g/mol. The van der Waals surface area contributed by atoms with Gasteiger partial charge >= 0.3 is 0 Å². The van der Waals surface area contributed by atoms with Crippen molar-refractivity contribution in [3.05, 3.63) is 29.6 Å². The lowest BCUT2D eigenvalue weighted by molar-refractivity contribution is 0.273. The van der Waals surface area contributed by atoms with Crippen molar-refractivity contribution in [3.8, 4) is 0 Å². The van der Waals surface area contributed by atoms with Gasteiger partial charge in [0.1, 0.15) is 10.8 Å². The Bertz CT molecular complexity index is 435. The maximum absolute atomic E-state index is 13.6. The van der Waals surface area contributed by atoms with Crippen LogP contribution >= 0.6 is 12.2 Å². The smallest absolute Gasteiger partial charge is 0.135 e. The summed E-state index contributed by atoms with van der Waals surface area (Å²) in [6.07, 6.45) is 1.01. The molecular formula is C14H22FN3S. The van der Waals surface area contributed by atoms with Gasteiger partial charge in [0.15, 0.2) is 0 Å². The largest absolute Gasteiger partial charge is 0.389 e. The van der Waals surface area contributed by atoms with Gasteiger partial charge in [-0.3, -0.25) is 0 Å². The Morgan fingerprint density at radius 3 is 2.68 bits per heavy atom. The van der Waals surface area contributed by atoms with Crippen LogP contribution in [0, 0.1) is 5.82 Å². The fourth-order valence-corrected chi connectivity index (χ4v) is 1.81. The van der Waals surface area contributed by atoms with E-state index in [0.717, 1.165) is 25.2 Å². The SMILES string of the molecule is CC(C)N(C)CCCNc1ccc(C(N)=S)c(F)c1. The zero-order valence-corrected chi connectivity index (χ0v) is 12.6. The molecule has 0 radical (unpaired) electrons. The van der Waals surface area contributed by atoms with Gasteiger partial charge in [0.25, 0.3) is 0 Å². The molecule has 0 fully saturated rings. The molecule has 0 bridgehead atoms. The topological polar surface area (TPSA) is 41.3 Å². The Kier molecular flexibility index (Phi) is 6.18. The van der Waals surface area contributed by atoms with Gasteiger partial charge in [0.2, 0.25) is 0 Å². The molecule has 1 aromatic carbocycles. The van der Waals surface area contributed by atoms with Gasteiger partial charge < -0.3 is 16.0 Å². The van der Waals surface area contributed by atoms with E-state index in [-0.39, 0.29) is 10.8 Å². The summed E-state index contributed by atoms with van der Waals surface area (Å²) in [6, 6.07) is 5.38. The normalized spacial score (nSPS) is 11.1. The number of hydrogen-bond donors (Lipinski definition) is 2. The van der Waals surface area contributed by atoms with Gasteiger partial charge in [-0.05, 0) is 52.1 Å². The molecule has 0 aliphatic heterocycles. The highest BCUT2D eigenvalue weighted by Gasteiger charge is 2.06. The number of rotatable bonds is 7. The Balaban J connectivity index is 2.42. The van der Waals surface area contributed by atoms with Gasteiger partial charge in [-0.15, -0.1) is 0 Å². The van der Waals surface area contributed by atoms with Crippen LogP contribution in [0.3, 0.4) is 0 Å². The molecule has 1 rings (SSSR count). The third-order valence-corrected chi connectivity index (χ3v) is 3.35. The molecule has 1 aromatic rings. The molecule has 0 saturated heterocycles. The first-order chi connectivity index (χ1) is 8.91. The summed E-state index contributed by atoms with van der Waals surface area (Å²) in [6.45, 7) is 6.15. The zero-order valence-electron chi connectivity index (χ0n) is 11.7. The first-order valence-corrected chi connectivity index (χ1v) is 6.86. The molecule has 0 unspecified atom stereocenters. The van der Waals surface area contributed by atoms with Crippen LogP contribution in [0.2, 0.25) is 0 Å². The van der Waals surface area contributed by atoms with Crippen molar-refractivity contribution >= 4 is 22.9 Å². The number of hydrogen-bond acceptors (Lipinski definition) is 3. The summed E-state index contributed by atoms with van der Waals surface area (Å²) in [4.78, 5) is 2.36. The van der Waals surface area contributed by atoms with Crippen molar-refractivity contribution in [2.75, 3.05) is 25.5 Å². The van der Waals surface area contributed by atoms with Crippen molar-refractivity contribution in [1.82, 2.24) is 4.90 Å². The highest BCUT2D eigenvalue weighted by molar-refractivity contribution is 7.80. The van der Waals surface area contributed by atoms with Crippen LogP contribution < -0.4 is 11.1 Å². The monoisotopic (exact) mass is 283 g/mol. The van der Waals surface area contributed by atoms with Crippen molar-refractivity contribution in [1.29, 1.82) is 0 Å². The van der Waals surface area contributed by atoms with Crippen LogP contribution in [0.25, 0.3) is 0 Å². The second kappa shape index (κ2) is 7.40. The summed E-state index contributed by atoms with van der Waals surface area (Å²) >= 11 is 4.76. The Morgan fingerprint density at radius 2 is 2.16 bits per heavy atom. The second-order valence-electron chi connectivity index (χ2n) is 4.91. The van der Waals surface area contributed by atoms with E-state index in [1.165, 1.54) is 6.07 Å². The number of benzene rings is 1. The molecule has 0 aliphatic rings. The fourth-order valence-electron chi connectivity index (χ4n) is 1.64. The number of nitrogens with zero attached hydrogens (tertiary/aromatic N) is 1. The Morgan fingerprint density at radius 1 is 1.47 bits per heavy atom. The third kappa shape index (κ3) is 5.12. The van der Waals surface area contributed by atoms with E-state index in [4.69, 9.17) is 18.0 Å². The van der Waals surface area contributed by atoms with E-state index in [9.17, 15) is 4.39 Å². The van der Waals surface area contributed by atoms with Crippen LogP contribution in [-0.2, 0) is 0 Å². The van der Waals surface area contributed by atoms with E-state index in [1.54, 1.807) is 12.1 Å². The summed E-state index contributed by atoms with van der Waals surface area (Å²) in [5, 5.41) is 3.20. The Labute approximate surface area is 120 Å². The average Bonchev–Trinajstić information content (AvgIpc) is 2.33. The lowest BCUT2D eigenvalue weighted by Crippen LogP contribution is -2.28. The third-order valence-electron chi connectivity index (χ3n) is 3.13. The molecule has 0 saturated carbocycles. The fraction of sp³-hybridized carbons (Fsp3) is 0.500. The van der Waals surface area contributed by atoms with E-state index in [0.29, 0.717) is 11.6 Å². The number of halogens is 1. The molecule has 0 spiro atoms. The summed E-state index contributed by atoms with van der Waals surface area (Å²) in [5.74, 6) is -0.378. The molecule has 0 aliphatic carbocycles. The minimum absolute atomic E-state index is 0.0857. The zero-order chi connectivity index (χ0) is 14.4. The first-order valence-electron chi connectivity index (χ1n) is 6.45. The quantitative estimate of drug-likeness (QED) is 0.596. The van der Waals surface area contributed by atoms with Gasteiger partial charge in [-0.2, -0.15) is 0 Å². The molecule has 3 nitrogen and oxygen atoms in total. The summed E-state index contributed by atoms with van der Waals surface area (Å²) < 4.78 is 13.6. The minimum Gasteiger partial charge on any atom is -0.389 e. The van der Waals surface area contributed by atoms with E-state index in [2.05, 4.69) is 31.1 Å². The molecule has 5 heteroatoms. The molecule has 0 heterocycles. The predicted octanol–water partition coefficient (Wildman–Crippen LogP) is 2.60. The van der Waals surface area contributed by atoms with Crippen molar-refractivity contribution in [2.24, 2.45) is 5.73 Å². The van der Waals surface area contributed by atoms with Crippen LogP contribution in [0.1, 0.15) is 25.8 Å². The van der Waals surface area contributed by atoms with Crippen molar-refractivity contribution < 1.29 is 4.39 Å². The standard InChI is InChI=1S/C14H22FN3S/c1-10(2)18(3)8-4-7-17-11-5-6-12(14(16)19)13(15)9-11/h5-6,9-10,17H,4,7-8H2,1-3H3,(H2,16,19). The molecule has 0 aromatic heterocycles. The van der Waals surface area contributed by atoms with Crippen LogP contribution in [-0.4, -0.2) is 36.1 Å². The van der Waals surface area contributed by atoms with E-state index in [1.807, 2.05) is 0 Å². The molecule has 19 heavy (non-hydrogen) atoms. The Hall–Kier alpha value is -1.20. The number of nitrogens with one attached hydrogen (secondary N) is 1. The molecule has 106 valence electrons.